The highest BCUT2D eigenvalue weighted by Gasteiger charge is 2.16. The third kappa shape index (κ3) is 2.26. The van der Waals surface area contributed by atoms with Crippen LogP contribution in [0.2, 0.25) is 0 Å². The monoisotopic (exact) mass is 205 g/mol. The molecule has 1 aromatic heterocycles. The van der Waals surface area contributed by atoms with Gasteiger partial charge in [-0.15, -0.1) is 0 Å². The molecule has 1 aliphatic rings. The minimum atomic E-state index is 0.637. The van der Waals surface area contributed by atoms with E-state index in [1.54, 1.807) is 13.3 Å². The molecule has 4 heteroatoms. The summed E-state index contributed by atoms with van der Waals surface area (Å²) < 4.78 is 5.06. The van der Waals surface area contributed by atoms with Gasteiger partial charge in [0, 0.05) is 31.8 Å². The first-order valence-electron chi connectivity index (χ1n) is 5.11. The second kappa shape index (κ2) is 4.29. The molecule has 2 rings (SSSR count). The van der Waals surface area contributed by atoms with Gasteiger partial charge in [0.25, 0.3) is 0 Å². The van der Waals surface area contributed by atoms with E-state index < -0.39 is 0 Å². The van der Waals surface area contributed by atoms with Crippen LogP contribution in [0.1, 0.15) is 18.4 Å². The highest BCUT2D eigenvalue weighted by atomic mass is 16.5. The number of hydrogen-bond acceptors (Lipinski definition) is 3. The van der Waals surface area contributed by atoms with Gasteiger partial charge in [0.15, 0.2) is 0 Å². The van der Waals surface area contributed by atoms with Crippen LogP contribution < -0.4 is 4.74 Å². The van der Waals surface area contributed by atoms with Gasteiger partial charge in [-0.05, 0) is 18.1 Å². The Hall–Kier alpha value is -1.58. The number of hydrogen-bond donors (Lipinski definition) is 1. The molecule has 0 atom stereocenters. The van der Waals surface area contributed by atoms with Crippen molar-refractivity contribution in [3.05, 3.63) is 23.9 Å². The Balaban J connectivity index is 2.06. The van der Waals surface area contributed by atoms with Gasteiger partial charge in [-0.25, -0.2) is 4.98 Å². The van der Waals surface area contributed by atoms with E-state index in [1.165, 1.54) is 0 Å². The summed E-state index contributed by atoms with van der Waals surface area (Å²) in [5.41, 5.74) is 1.15. The summed E-state index contributed by atoms with van der Waals surface area (Å²) in [7, 11) is 1.62. The first kappa shape index (κ1) is 9.96. The predicted octanol–water partition coefficient (Wildman–Crippen LogP) is 1.66. The minimum Gasteiger partial charge on any atom is -0.481 e. The van der Waals surface area contributed by atoms with Crippen molar-refractivity contribution in [1.82, 2.24) is 9.88 Å². The Bertz CT molecular complexity index is 365. The third-order valence-corrected chi connectivity index (χ3v) is 2.61. The van der Waals surface area contributed by atoms with Crippen molar-refractivity contribution in [3.63, 3.8) is 0 Å². The zero-order chi connectivity index (χ0) is 10.7. The van der Waals surface area contributed by atoms with Crippen molar-refractivity contribution in [1.29, 1.82) is 5.41 Å². The average molecular weight is 205 g/mol. The Kier molecular flexibility index (Phi) is 2.85. The molecule has 0 aromatic carbocycles. The lowest BCUT2D eigenvalue weighted by molar-refractivity contribution is 0.394. The van der Waals surface area contributed by atoms with Crippen LogP contribution in [0.3, 0.4) is 0 Å². The summed E-state index contributed by atoms with van der Waals surface area (Å²) in [4.78, 5) is 6.15. The number of amidine groups is 1. The van der Waals surface area contributed by atoms with Crippen molar-refractivity contribution >= 4 is 5.84 Å². The SMILES string of the molecule is COc1cc(CN2CCCC2=N)ccn1. The molecule has 0 unspecified atom stereocenters. The largest absolute Gasteiger partial charge is 0.481 e. The van der Waals surface area contributed by atoms with Gasteiger partial charge in [0.2, 0.25) is 5.88 Å². The van der Waals surface area contributed by atoms with E-state index in [2.05, 4.69) is 9.88 Å². The van der Waals surface area contributed by atoms with Gasteiger partial charge < -0.3 is 9.64 Å². The zero-order valence-corrected chi connectivity index (χ0v) is 8.86. The highest BCUT2D eigenvalue weighted by Crippen LogP contribution is 2.16. The van der Waals surface area contributed by atoms with Gasteiger partial charge in [0.05, 0.1) is 12.9 Å². The molecule has 0 saturated carbocycles. The van der Waals surface area contributed by atoms with E-state index in [1.807, 2.05) is 12.1 Å². The molecule has 0 bridgehead atoms. The fraction of sp³-hybridized carbons (Fsp3) is 0.455. The highest BCUT2D eigenvalue weighted by molar-refractivity contribution is 5.80. The summed E-state index contributed by atoms with van der Waals surface area (Å²) in [6.45, 7) is 1.78. The lowest BCUT2D eigenvalue weighted by Gasteiger charge is -2.17. The first-order chi connectivity index (χ1) is 7.29. The van der Waals surface area contributed by atoms with Crippen molar-refractivity contribution in [3.8, 4) is 5.88 Å². The lowest BCUT2D eigenvalue weighted by atomic mass is 10.2. The molecule has 15 heavy (non-hydrogen) atoms. The molecule has 1 aromatic rings. The lowest BCUT2D eigenvalue weighted by Crippen LogP contribution is -2.23. The zero-order valence-electron chi connectivity index (χ0n) is 8.86. The molecule has 4 nitrogen and oxygen atoms in total. The standard InChI is InChI=1S/C11H15N3O/c1-15-11-7-9(4-5-13-11)8-14-6-2-3-10(14)12/h4-5,7,12H,2-3,6,8H2,1H3. The fourth-order valence-electron chi connectivity index (χ4n) is 1.79. The van der Waals surface area contributed by atoms with E-state index >= 15 is 0 Å². The summed E-state index contributed by atoms with van der Waals surface area (Å²) in [5, 5.41) is 7.73. The first-order valence-corrected chi connectivity index (χ1v) is 5.11. The molecule has 0 radical (unpaired) electrons. The maximum Gasteiger partial charge on any atom is 0.213 e. The Morgan fingerprint density at radius 1 is 1.60 bits per heavy atom. The van der Waals surface area contributed by atoms with E-state index in [0.717, 1.165) is 37.3 Å². The number of ether oxygens (including phenoxy) is 1. The van der Waals surface area contributed by atoms with Crippen LogP contribution in [0, 0.1) is 5.41 Å². The molecular weight excluding hydrogens is 190 g/mol. The van der Waals surface area contributed by atoms with Gasteiger partial charge in [0.1, 0.15) is 0 Å². The van der Waals surface area contributed by atoms with E-state index in [0.29, 0.717) is 5.88 Å². The quantitative estimate of drug-likeness (QED) is 0.816. The molecular formula is C11H15N3O. The molecule has 0 spiro atoms. The van der Waals surface area contributed by atoms with E-state index in [9.17, 15) is 0 Å². The smallest absolute Gasteiger partial charge is 0.213 e. The maximum atomic E-state index is 7.73. The average Bonchev–Trinajstić information content (AvgIpc) is 2.65. The molecule has 1 aliphatic heterocycles. The number of methoxy groups -OCH3 is 1. The van der Waals surface area contributed by atoms with Gasteiger partial charge in [-0.3, -0.25) is 5.41 Å². The molecule has 2 heterocycles. The normalized spacial score (nSPS) is 15.8. The number of nitrogens with one attached hydrogen (secondary N) is 1. The molecule has 0 aliphatic carbocycles. The van der Waals surface area contributed by atoms with Crippen LogP contribution in [-0.4, -0.2) is 29.4 Å². The van der Waals surface area contributed by atoms with E-state index in [4.69, 9.17) is 10.1 Å². The van der Waals surface area contributed by atoms with Crippen LogP contribution in [0.5, 0.6) is 5.88 Å². The van der Waals surface area contributed by atoms with Crippen molar-refractivity contribution in [2.75, 3.05) is 13.7 Å². The maximum absolute atomic E-state index is 7.73. The van der Waals surface area contributed by atoms with Crippen LogP contribution in [-0.2, 0) is 6.54 Å². The molecule has 1 saturated heterocycles. The topological polar surface area (TPSA) is 49.2 Å². The van der Waals surface area contributed by atoms with E-state index in [-0.39, 0.29) is 0 Å². The summed E-state index contributed by atoms with van der Waals surface area (Å²) in [5.74, 6) is 1.38. The fourth-order valence-corrected chi connectivity index (χ4v) is 1.79. The Morgan fingerprint density at radius 2 is 2.47 bits per heavy atom. The molecule has 80 valence electrons. The van der Waals surface area contributed by atoms with Crippen molar-refractivity contribution in [2.24, 2.45) is 0 Å². The molecule has 0 amide bonds. The summed E-state index contributed by atoms with van der Waals surface area (Å²) in [6, 6.07) is 3.89. The Morgan fingerprint density at radius 3 is 3.13 bits per heavy atom. The number of rotatable bonds is 3. The van der Waals surface area contributed by atoms with Gasteiger partial charge in [-0.1, -0.05) is 0 Å². The van der Waals surface area contributed by atoms with Crippen LogP contribution >= 0.6 is 0 Å². The van der Waals surface area contributed by atoms with Crippen LogP contribution in [0.15, 0.2) is 18.3 Å². The number of pyridine rings is 1. The number of aromatic nitrogens is 1. The van der Waals surface area contributed by atoms with Gasteiger partial charge >= 0.3 is 0 Å². The second-order valence-electron chi connectivity index (χ2n) is 3.68. The van der Waals surface area contributed by atoms with Crippen molar-refractivity contribution < 1.29 is 4.74 Å². The summed E-state index contributed by atoms with van der Waals surface area (Å²) in [6.07, 6.45) is 3.75. The molecule has 1 N–H and O–H groups in total. The predicted molar refractivity (Wildman–Crippen MR) is 58.2 cm³/mol. The van der Waals surface area contributed by atoms with Crippen LogP contribution in [0.25, 0.3) is 0 Å². The number of likely N-dealkylation sites (tertiary alicyclic amines) is 1. The Labute approximate surface area is 89.4 Å². The molecule has 1 fully saturated rings. The summed E-state index contributed by atoms with van der Waals surface area (Å²) >= 11 is 0. The van der Waals surface area contributed by atoms with Crippen molar-refractivity contribution in [2.45, 2.75) is 19.4 Å². The number of nitrogens with zero attached hydrogens (tertiary/aromatic N) is 2. The second-order valence-corrected chi connectivity index (χ2v) is 3.68. The minimum absolute atomic E-state index is 0.637. The van der Waals surface area contributed by atoms with Crippen LogP contribution in [0.4, 0.5) is 0 Å². The van der Waals surface area contributed by atoms with Gasteiger partial charge in [-0.2, -0.15) is 0 Å². The third-order valence-electron chi connectivity index (χ3n) is 2.61.